The van der Waals surface area contributed by atoms with Crippen LogP contribution < -0.4 is 15.4 Å². The van der Waals surface area contributed by atoms with E-state index in [1.807, 2.05) is 24.3 Å². The van der Waals surface area contributed by atoms with Gasteiger partial charge < -0.3 is 15.4 Å². The Morgan fingerprint density at radius 1 is 1.35 bits per heavy atom. The summed E-state index contributed by atoms with van der Waals surface area (Å²) in [5, 5.41) is 5.61. The molecule has 2 fully saturated rings. The van der Waals surface area contributed by atoms with E-state index in [1.54, 1.807) is 7.11 Å². The molecule has 0 unspecified atom stereocenters. The predicted octanol–water partition coefficient (Wildman–Crippen LogP) is 0.731. The molecule has 1 aromatic carbocycles. The van der Waals surface area contributed by atoms with Crippen LogP contribution in [-0.2, 0) is 15.0 Å². The van der Waals surface area contributed by atoms with E-state index in [0.29, 0.717) is 13.0 Å². The molecule has 106 valence electrons. The number of hydrogen-bond acceptors (Lipinski definition) is 3. The third-order valence-electron chi connectivity index (χ3n) is 4.18. The number of ether oxygens (including phenoxy) is 1. The van der Waals surface area contributed by atoms with E-state index in [1.165, 1.54) is 0 Å². The summed E-state index contributed by atoms with van der Waals surface area (Å²) in [7, 11) is 1.62. The van der Waals surface area contributed by atoms with Crippen molar-refractivity contribution in [1.29, 1.82) is 0 Å². The third-order valence-corrected chi connectivity index (χ3v) is 4.18. The monoisotopic (exact) mass is 274 g/mol. The molecule has 5 heteroatoms. The molecule has 0 bridgehead atoms. The summed E-state index contributed by atoms with van der Waals surface area (Å²) >= 11 is 0. The zero-order valence-electron chi connectivity index (χ0n) is 11.4. The number of hydrogen-bond donors (Lipinski definition) is 2. The molecule has 2 N–H and O–H groups in total. The van der Waals surface area contributed by atoms with E-state index in [0.717, 1.165) is 24.2 Å². The first kappa shape index (κ1) is 13.0. The minimum atomic E-state index is -0.449. The van der Waals surface area contributed by atoms with Gasteiger partial charge in [-0.25, -0.2) is 0 Å². The first-order valence-electron chi connectivity index (χ1n) is 6.89. The van der Waals surface area contributed by atoms with E-state index in [2.05, 4.69) is 10.6 Å². The summed E-state index contributed by atoms with van der Waals surface area (Å²) in [6.45, 7) is 0.638. The van der Waals surface area contributed by atoms with Crippen molar-refractivity contribution in [1.82, 2.24) is 10.6 Å². The molecule has 1 aromatic rings. The van der Waals surface area contributed by atoms with Crippen molar-refractivity contribution in [2.75, 3.05) is 13.7 Å². The lowest BCUT2D eigenvalue weighted by Crippen LogP contribution is -2.45. The minimum absolute atomic E-state index is 0.0373. The molecule has 1 saturated carbocycles. The summed E-state index contributed by atoms with van der Waals surface area (Å²) in [5.74, 6) is 0.661. The van der Waals surface area contributed by atoms with Crippen molar-refractivity contribution in [3.63, 3.8) is 0 Å². The first-order chi connectivity index (χ1) is 9.65. The fraction of sp³-hybridized carbons (Fsp3) is 0.467. The van der Waals surface area contributed by atoms with Crippen molar-refractivity contribution in [3.8, 4) is 5.75 Å². The third kappa shape index (κ3) is 2.13. The highest BCUT2D eigenvalue weighted by atomic mass is 16.5. The highest BCUT2D eigenvalue weighted by molar-refractivity contribution is 5.95. The van der Waals surface area contributed by atoms with Crippen LogP contribution in [-0.4, -0.2) is 31.5 Å². The number of benzene rings is 1. The lowest BCUT2D eigenvalue weighted by Gasteiger charge is -2.18. The molecular weight excluding hydrogens is 256 g/mol. The van der Waals surface area contributed by atoms with Gasteiger partial charge in [0, 0.05) is 6.54 Å². The van der Waals surface area contributed by atoms with Crippen LogP contribution in [0.25, 0.3) is 0 Å². The van der Waals surface area contributed by atoms with Crippen LogP contribution in [0, 0.1) is 0 Å². The second-order valence-corrected chi connectivity index (χ2v) is 5.42. The van der Waals surface area contributed by atoms with Gasteiger partial charge >= 0.3 is 0 Å². The van der Waals surface area contributed by atoms with Gasteiger partial charge in [0.2, 0.25) is 11.8 Å². The molecule has 1 aliphatic heterocycles. The SMILES string of the molecule is COc1ccc(C2(C(=O)N[C@@H]3CCNC3=O)CC2)cc1. The Morgan fingerprint density at radius 3 is 2.55 bits per heavy atom. The molecule has 2 amide bonds. The second-order valence-electron chi connectivity index (χ2n) is 5.42. The molecular formula is C15H18N2O3. The summed E-state index contributed by atoms with van der Waals surface area (Å²) in [5.41, 5.74) is 0.545. The first-order valence-corrected chi connectivity index (χ1v) is 6.89. The van der Waals surface area contributed by atoms with Crippen LogP contribution >= 0.6 is 0 Å². The molecule has 2 aliphatic rings. The Labute approximate surface area is 117 Å². The largest absolute Gasteiger partial charge is 0.497 e. The van der Waals surface area contributed by atoms with Crippen LogP contribution in [0.1, 0.15) is 24.8 Å². The second kappa shape index (κ2) is 4.81. The molecule has 20 heavy (non-hydrogen) atoms. The van der Waals surface area contributed by atoms with Crippen molar-refractivity contribution >= 4 is 11.8 Å². The van der Waals surface area contributed by atoms with Gasteiger partial charge in [-0.2, -0.15) is 0 Å². The van der Waals surface area contributed by atoms with Crippen LogP contribution in [0.3, 0.4) is 0 Å². The zero-order valence-corrected chi connectivity index (χ0v) is 11.4. The number of carbonyl (C=O) groups excluding carboxylic acids is 2. The van der Waals surface area contributed by atoms with E-state index in [4.69, 9.17) is 4.74 Å². The molecule has 1 heterocycles. The van der Waals surface area contributed by atoms with Crippen LogP contribution in [0.5, 0.6) is 5.75 Å². The molecule has 0 aromatic heterocycles. The van der Waals surface area contributed by atoms with Gasteiger partial charge in [0.25, 0.3) is 0 Å². The molecule has 1 atom stereocenters. The Hall–Kier alpha value is -2.04. The topological polar surface area (TPSA) is 67.4 Å². The maximum atomic E-state index is 12.5. The van der Waals surface area contributed by atoms with Crippen molar-refractivity contribution in [2.45, 2.75) is 30.7 Å². The summed E-state index contributed by atoms with van der Waals surface area (Å²) in [6, 6.07) is 7.22. The van der Waals surface area contributed by atoms with Crippen LogP contribution in [0.4, 0.5) is 0 Å². The van der Waals surface area contributed by atoms with Gasteiger partial charge in [0.1, 0.15) is 11.8 Å². The zero-order chi connectivity index (χ0) is 14.2. The van der Waals surface area contributed by atoms with Gasteiger partial charge in [0.05, 0.1) is 12.5 Å². The lowest BCUT2D eigenvalue weighted by atomic mass is 9.94. The van der Waals surface area contributed by atoms with E-state index in [-0.39, 0.29) is 17.9 Å². The van der Waals surface area contributed by atoms with E-state index < -0.39 is 5.41 Å². The molecule has 0 spiro atoms. The lowest BCUT2D eigenvalue weighted by molar-refractivity contribution is -0.128. The average Bonchev–Trinajstić information content (AvgIpc) is 3.19. The number of amides is 2. The number of nitrogens with one attached hydrogen (secondary N) is 2. The fourth-order valence-corrected chi connectivity index (χ4v) is 2.71. The normalized spacial score (nSPS) is 23.1. The molecule has 0 radical (unpaired) electrons. The van der Waals surface area contributed by atoms with Gasteiger partial charge in [-0.05, 0) is 37.0 Å². The van der Waals surface area contributed by atoms with E-state index >= 15 is 0 Å². The molecule has 1 aliphatic carbocycles. The maximum absolute atomic E-state index is 12.5. The summed E-state index contributed by atoms with van der Waals surface area (Å²) in [6.07, 6.45) is 2.34. The standard InChI is InChI=1S/C15H18N2O3/c1-20-11-4-2-10(3-5-11)15(7-8-15)14(19)17-12-6-9-16-13(12)18/h2-5,12H,6-9H2,1H3,(H,16,18)(H,17,19)/t12-/m1/s1. The van der Waals surface area contributed by atoms with Gasteiger partial charge in [-0.3, -0.25) is 9.59 Å². The molecule has 1 saturated heterocycles. The predicted molar refractivity (Wildman–Crippen MR) is 73.5 cm³/mol. The van der Waals surface area contributed by atoms with Crippen LogP contribution in [0.2, 0.25) is 0 Å². The number of carbonyl (C=O) groups is 2. The minimum Gasteiger partial charge on any atom is -0.497 e. The number of rotatable bonds is 4. The summed E-state index contributed by atoms with van der Waals surface area (Å²) < 4.78 is 5.13. The smallest absolute Gasteiger partial charge is 0.242 e. The molecule has 3 rings (SSSR count). The Morgan fingerprint density at radius 2 is 2.05 bits per heavy atom. The van der Waals surface area contributed by atoms with Crippen molar-refractivity contribution < 1.29 is 14.3 Å². The van der Waals surface area contributed by atoms with Crippen molar-refractivity contribution in [3.05, 3.63) is 29.8 Å². The van der Waals surface area contributed by atoms with Gasteiger partial charge in [0.15, 0.2) is 0 Å². The molecule has 5 nitrogen and oxygen atoms in total. The maximum Gasteiger partial charge on any atom is 0.242 e. The highest BCUT2D eigenvalue weighted by Gasteiger charge is 2.52. The van der Waals surface area contributed by atoms with Gasteiger partial charge in [-0.1, -0.05) is 12.1 Å². The van der Waals surface area contributed by atoms with E-state index in [9.17, 15) is 9.59 Å². The summed E-state index contributed by atoms with van der Waals surface area (Å²) in [4.78, 5) is 24.0. The Kier molecular flexibility index (Phi) is 3.12. The van der Waals surface area contributed by atoms with Crippen molar-refractivity contribution in [2.24, 2.45) is 0 Å². The quantitative estimate of drug-likeness (QED) is 0.850. The fourth-order valence-electron chi connectivity index (χ4n) is 2.71. The Bertz CT molecular complexity index is 535. The number of methoxy groups -OCH3 is 1. The average molecular weight is 274 g/mol. The van der Waals surface area contributed by atoms with Crippen LogP contribution in [0.15, 0.2) is 24.3 Å². The Balaban J connectivity index is 1.74. The van der Waals surface area contributed by atoms with Gasteiger partial charge in [-0.15, -0.1) is 0 Å². The highest BCUT2D eigenvalue weighted by Crippen LogP contribution is 2.48.